The molecular weight excluding hydrogens is 462 g/mol. The average Bonchev–Trinajstić information content (AvgIpc) is 3.35. The molecule has 1 fully saturated rings. The van der Waals surface area contributed by atoms with Crippen LogP contribution in [0.1, 0.15) is 18.4 Å². The molecule has 0 radical (unpaired) electrons. The average molecular weight is 481 g/mol. The lowest BCUT2D eigenvalue weighted by Crippen LogP contribution is -2.52. The number of alkyl halides is 1. The molecule has 0 saturated carbocycles. The lowest BCUT2D eigenvalue weighted by molar-refractivity contribution is -0.137. The molecule has 2 aliphatic carbocycles. The van der Waals surface area contributed by atoms with E-state index >= 15 is 4.39 Å². The van der Waals surface area contributed by atoms with E-state index in [0.717, 1.165) is 11.5 Å². The Hall–Kier alpha value is -2.30. The maximum absolute atomic E-state index is 15.9. The first kappa shape index (κ1) is 20.3. The van der Waals surface area contributed by atoms with Gasteiger partial charge in [-0.1, -0.05) is 6.08 Å². The summed E-state index contributed by atoms with van der Waals surface area (Å²) in [5, 5.41) is 0.317. The van der Waals surface area contributed by atoms with Crippen LogP contribution in [0.2, 0.25) is 0 Å². The van der Waals surface area contributed by atoms with Crippen molar-refractivity contribution >= 4 is 39.7 Å². The molecule has 168 valence electrons. The number of nitrogens with zero attached hydrogens (tertiary/aromatic N) is 3. The molecule has 32 heavy (non-hydrogen) atoms. The van der Waals surface area contributed by atoms with Crippen molar-refractivity contribution in [3.63, 3.8) is 0 Å². The number of rotatable bonds is 2. The van der Waals surface area contributed by atoms with Crippen LogP contribution in [0.5, 0.6) is 0 Å². The molecule has 4 unspecified atom stereocenters. The van der Waals surface area contributed by atoms with Crippen LogP contribution in [0.25, 0.3) is 0 Å². The van der Waals surface area contributed by atoms with E-state index in [9.17, 15) is 14.0 Å². The van der Waals surface area contributed by atoms with Gasteiger partial charge in [0.25, 0.3) is 5.78 Å². The number of halogens is 3. The van der Waals surface area contributed by atoms with Crippen LogP contribution in [0, 0.1) is 17.8 Å². The zero-order chi connectivity index (χ0) is 22.3. The molecule has 6 rings (SSSR count). The number of allylic oxidation sites excluding steroid dienone is 3. The number of hydrogen-bond acceptors (Lipinski definition) is 8. The van der Waals surface area contributed by atoms with Gasteiger partial charge in [0.05, 0.1) is 16.8 Å². The quantitative estimate of drug-likeness (QED) is 0.513. The number of aromatic nitrogens is 1. The monoisotopic (exact) mass is 480 g/mol. The normalized spacial score (nSPS) is 31.4. The summed E-state index contributed by atoms with van der Waals surface area (Å²) in [6, 6.07) is -0.564. The van der Waals surface area contributed by atoms with Gasteiger partial charge in [0.2, 0.25) is 11.7 Å². The van der Waals surface area contributed by atoms with E-state index in [4.69, 9.17) is 22.1 Å². The van der Waals surface area contributed by atoms with Crippen molar-refractivity contribution in [1.82, 2.24) is 9.27 Å². The fourth-order valence-electron chi connectivity index (χ4n) is 5.35. The second kappa shape index (κ2) is 7.10. The Bertz CT molecular complexity index is 1160. The van der Waals surface area contributed by atoms with E-state index in [-0.39, 0.29) is 41.6 Å². The Morgan fingerprint density at radius 1 is 1.28 bits per heavy atom. The summed E-state index contributed by atoms with van der Waals surface area (Å²) in [6.45, 7) is 1.29. The Balaban J connectivity index is 1.51. The summed E-state index contributed by atoms with van der Waals surface area (Å²) in [6.07, 6.45) is 2.45. The van der Waals surface area contributed by atoms with Crippen molar-refractivity contribution in [3.05, 3.63) is 46.3 Å². The molecule has 0 bridgehead atoms. The first-order valence-electron chi connectivity index (χ1n) is 10.5. The van der Waals surface area contributed by atoms with Gasteiger partial charge in [-0.3, -0.25) is 9.59 Å². The van der Waals surface area contributed by atoms with Gasteiger partial charge in [-0.2, -0.15) is 8.76 Å². The van der Waals surface area contributed by atoms with Gasteiger partial charge >= 0.3 is 0 Å². The molecule has 1 aromatic heterocycles. The lowest BCUT2D eigenvalue weighted by Gasteiger charge is -2.48. The topological polar surface area (TPSA) is 88.8 Å². The summed E-state index contributed by atoms with van der Waals surface area (Å²) in [5.41, 5.74) is 7.05. The summed E-state index contributed by atoms with van der Waals surface area (Å²) in [4.78, 5) is 28.3. The van der Waals surface area contributed by atoms with Crippen molar-refractivity contribution in [1.29, 1.82) is 0 Å². The largest absolute Gasteiger partial charge is 0.450 e. The Labute approximate surface area is 191 Å². The zero-order valence-corrected chi connectivity index (χ0v) is 18.4. The Kier molecular flexibility index (Phi) is 4.51. The number of carbonyl (C=O) groups excluding carboxylic acids is 2. The summed E-state index contributed by atoms with van der Waals surface area (Å²) in [5.74, 6) is -2.98. The molecule has 0 amide bonds. The maximum Gasteiger partial charge on any atom is 0.265 e. The molecule has 3 aliphatic heterocycles. The van der Waals surface area contributed by atoms with Crippen molar-refractivity contribution in [2.45, 2.75) is 30.7 Å². The minimum Gasteiger partial charge on any atom is -0.450 e. The highest BCUT2D eigenvalue weighted by atomic mass is 35.5. The van der Waals surface area contributed by atoms with Crippen molar-refractivity contribution < 1.29 is 23.1 Å². The summed E-state index contributed by atoms with van der Waals surface area (Å²) in [7, 11) is 0. The number of hydrogen-bond donors (Lipinski definition) is 1. The van der Waals surface area contributed by atoms with E-state index in [1.165, 1.54) is 0 Å². The zero-order valence-electron chi connectivity index (χ0n) is 16.8. The third-order valence-electron chi connectivity index (χ3n) is 6.96. The van der Waals surface area contributed by atoms with Crippen LogP contribution >= 0.6 is 23.1 Å². The molecule has 4 heterocycles. The molecule has 0 spiro atoms. The second-order valence-electron chi connectivity index (χ2n) is 8.72. The van der Waals surface area contributed by atoms with E-state index < -0.39 is 29.4 Å². The number of ketones is 2. The standard InChI is InChI=1S/C21H19ClF2N4O3S/c22-11-7-27(6-9(11)5-25)13-4-8-3-10-20(24)26-32-21(10)28-12-1-2-14(29)17(30)18(12)31-19(15(13)23)16(8)28/h4,8-9,11,16H,1-3,5-7,25H2. The van der Waals surface area contributed by atoms with E-state index in [1.807, 2.05) is 11.0 Å². The number of fused-ring (bicyclic) bond motifs is 3. The SMILES string of the molecule is NCC1CN(C2=CC3Cc4c(F)nsc4N4C5=C(OC(=C2F)C34)C(=O)C(=O)CC5)CC1Cl. The van der Waals surface area contributed by atoms with Gasteiger partial charge in [0.15, 0.2) is 17.3 Å². The Morgan fingerprint density at radius 2 is 2.09 bits per heavy atom. The van der Waals surface area contributed by atoms with Crippen molar-refractivity contribution in [2.24, 2.45) is 17.6 Å². The first-order chi connectivity index (χ1) is 15.4. The highest BCUT2D eigenvalue weighted by Gasteiger charge is 2.52. The van der Waals surface area contributed by atoms with Crippen molar-refractivity contribution in [2.75, 3.05) is 24.5 Å². The molecule has 0 aromatic carbocycles. The predicted molar refractivity (Wildman–Crippen MR) is 113 cm³/mol. The molecule has 2 N–H and O–H groups in total. The van der Waals surface area contributed by atoms with Gasteiger partial charge in [0, 0.05) is 36.9 Å². The van der Waals surface area contributed by atoms with Gasteiger partial charge in [-0.05, 0) is 30.9 Å². The van der Waals surface area contributed by atoms with Crippen LogP contribution in [0.15, 0.2) is 34.8 Å². The van der Waals surface area contributed by atoms with Crippen molar-refractivity contribution in [3.8, 4) is 0 Å². The summed E-state index contributed by atoms with van der Waals surface area (Å²) >= 11 is 7.38. The van der Waals surface area contributed by atoms with Crippen LogP contribution in [0.4, 0.5) is 13.8 Å². The van der Waals surface area contributed by atoms with Crippen LogP contribution in [-0.2, 0) is 20.7 Å². The highest BCUT2D eigenvalue weighted by Crippen LogP contribution is 2.52. The highest BCUT2D eigenvalue weighted by molar-refractivity contribution is 7.10. The maximum atomic E-state index is 15.9. The first-order valence-corrected chi connectivity index (χ1v) is 11.7. The van der Waals surface area contributed by atoms with Gasteiger partial charge in [-0.25, -0.2) is 4.39 Å². The molecule has 7 nitrogen and oxygen atoms in total. The number of carbonyl (C=O) groups is 2. The van der Waals surface area contributed by atoms with Gasteiger partial charge < -0.3 is 20.3 Å². The number of nitrogens with two attached hydrogens (primary N) is 1. The summed E-state index contributed by atoms with van der Waals surface area (Å²) < 4.78 is 40.2. The van der Waals surface area contributed by atoms with Crippen LogP contribution in [-0.4, -0.2) is 51.9 Å². The molecule has 5 aliphatic rings. The van der Waals surface area contributed by atoms with Gasteiger partial charge in [-0.15, -0.1) is 11.6 Å². The van der Waals surface area contributed by atoms with E-state index in [2.05, 4.69) is 4.37 Å². The molecule has 1 aromatic rings. The number of Topliss-reactive ketones (excluding diaryl/α,β-unsaturated/α-hetero) is 2. The molecular formula is C21H19ClF2N4O3S. The fourth-order valence-corrected chi connectivity index (χ4v) is 6.57. The predicted octanol–water partition coefficient (Wildman–Crippen LogP) is 2.38. The smallest absolute Gasteiger partial charge is 0.265 e. The molecule has 1 saturated heterocycles. The third kappa shape index (κ3) is 2.69. The lowest BCUT2D eigenvalue weighted by atomic mass is 9.80. The fraction of sp³-hybridized carbons (Fsp3) is 0.476. The molecule has 4 atom stereocenters. The van der Waals surface area contributed by atoms with E-state index in [1.54, 1.807) is 4.90 Å². The molecule has 11 heteroatoms. The van der Waals surface area contributed by atoms with E-state index in [0.29, 0.717) is 48.0 Å². The number of anilines is 1. The van der Waals surface area contributed by atoms with Crippen LogP contribution < -0.4 is 10.6 Å². The van der Waals surface area contributed by atoms with Gasteiger partial charge in [0.1, 0.15) is 11.0 Å². The van der Waals surface area contributed by atoms with Crippen LogP contribution in [0.3, 0.4) is 0 Å². The Morgan fingerprint density at radius 3 is 2.84 bits per heavy atom. The number of likely N-dealkylation sites (tertiary alicyclic amines) is 1. The third-order valence-corrected chi connectivity index (χ3v) is 8.32. The second-order valence-corrected chi connectivity index (χ2v) is 10.0. The minimum absolute atomic E-state index is 0.0141. The minimum atomic E-state index is -0.778. The number of ether oxygens (including phenoxy) is 1.